The second-order valence-corrected chi connectivity index (χ2v) is 10.7. The number of aliphatic carboxylic acids is 1. The quantitative estimate of drug-likeness (QED) is 0.202. The molecule has 2 aromatic carbocycles. The Morgan fingerprint density at radius 1 is 0.867 bits per heavy atom. The average Bonchev–Trinajstić information content (AvgIpc) is 3.35. The molecule has 0 aliphatic carbocycles. The van der Waals surface area contributed by atoms with Crippen LogP contribution in [0.5, 0.6) is 0 Å². The third-order valence-electron chi connectivity index (χ3n) is 6.80. The van der Waals surface area contributed by atoms with Gasteiger partial charge in [0.2, 0.25) is 11.8 Å². The number of ether oxygens (including phenoxy) is 3. The second kappa shape index (κ2) is 16.6. The number of carbonyl (C=O) groups is 6. The molecule has 0 radical (unpaired) electrons. The van der Waals surface area contributed by atoms with Crippen molar-refractivity contribution in [3.63, 3.8) is 0 Å². The summed E-state index contributed by atoms with van der Waals surface area (Å²) in [5.41, 5.74) is 1.82. The second-order valence-electron chi connectivity index (χ2n) is 10.7. The van der Waals surface area contributed by atoms with Gasteiger partial charge in [-0.15, -0.1) is 0 Å². The van der Waals surface area contributed by atoms with E-state index in [4.69, 9.17) is 14.2 Å². The fraction of sp³-hybridized carbons (Fsp3) is 0.375. The van der Waals surface area contributed by atoms with E-state index in [9.17, 15) is 33.9 Å². The molecule has 1 heterocycles. The van der Waals surface area contributed by atoms with Gasteiger partial charge in [0.25, 0.3) is 0 Å². The maximum absolute atomic E-state index is 13.0. The molecule has 2 aromatic rings. The Morgan fingerprint density at radius 2 is 1.49 bits per heavy atom. The minimum Gasteiger partial charge on any atom is -0.486 e. The van der Waals surface area contributed by atoms with E-state index in [-0.39, 0.29) is 36.9 Å². The molecule has 13 nitrogen and oxygen atoms in total. The Bertz CT molecular complexity index is 1410. The summed E-state index contributed by atoms with van der Waals surface area (Å²) in [4.78, 5) is 74.8. The Hall–Kier alpha value is -5.20. The first-order chi connectivity index (χ1) is 21.4. The lowest BCUT2D eigenvalue weighted by molar-refractivity contribution is -0.141. The number of nitrogens with one attached hydrogen (secondary N) is 3. The molecule has 13 heteroatoms. The van der Waals surface area contributed by atoms with Crippen LogP contribution in [0.3, 0.4) is 0 Å². The number of benzene rings is 2. The van der Waals surface area contributed by atoms with Crippen molar-refractivity contribution in [2.75, 3.05) is 13.2 Å². The predicted octanol–water partition coefficient (Wildman–Crippen LogP) is 2.04. The number of hydrogen-bond acceptors (Lipinski definition) is 9. The van der Waals surface area contributed by atoms with Gasteiger partial charge in [-0.1, -0.05) is 74.5 Å². The third-order valence-corrected chi connectivity index (χ3v) is 6.80. The van der Waals surface area contributed by atoms with Crippen LogP contribution in [0, 0.1) is 5.92 Å². The largest absolute Gasteiger partial charge is 0.486 e. The van der Waals surface area contributed by atoms with E-state index in [0.29, 0.717) is 0 Å². The number of rotatable bonds is 16. The molecule has 0 fully saturated rings. The summed E-state index contributed by atoms with van der Waals surface area (Å²) >= 11 is 0. The minimum absolute atomic E-state index is 0.00438. The van der Waals surface area contributed by atoms with E-state index >= 15 is 0 Å². The number of esters is 1. The van der Waals surface area contributed by atoms with Crippen molar-refractivity contribution in [3.8, 4) is 0 Å². The van der Waals surface area contributed by atoms with Crippen molar-refractivity contribution in [2.45, 2.75) is 58.3 Å². The zero-order chi connectivity index (χ0) is 32.9. The summed E-state index contributed by atoms with van der Waals surface area (Å²) in [5, 5.41) is 16.7. The van der Waals surface area contributed by atoms with Gasteiger partial charge >= 0.3 is 18.0 Å². The summed E-state index contributed by atoms with van der Waals surface area (Å²) in [6, 6.07) is 14.3. The van der Waals surface area contributed by atoms with Crippen molar-refractivity contribution in [3.05, 3.63) is 83.1 Å². The summed E-state index contributed by atoms with van der Waals surface area (Å²) < 4.78 is 15.8. The molecule has 0 saturated carbocycles. The smallest absolute Gasteiger partial charge is 0.408 e. The number of carboxylic acids is 1. The molecule has 45 heavy (non-hydrogen) atoms. The minimum atomic E-state index is -1.49. The van der Waals surface area contributed by atoms with Gasteiger partial charge in [-0.05, 0) is 24.0 Å². The van der Waals surface area contributed by atoms with E-state index in [1.54, 1.807) is 38.1 Å². The Kier molecular flexibility index (Phi) is 12.6. The van der Waals surface area contributed by atoms with Crippen LogP contribution in [0.2, 0.25) is 0 Å². The number of amides is 3. The summed E-state index contributed by atoms with van der Waals surface area (Å²) in [6.07, 6.45) is -1.36. The van der Waals surface area contributed by atoms with Crippen molar-refractivity contribution in [2.24, 2.45) is 5.92 Å². The first-order valence-corrected chi connectivity index (χ1v) is 14.3. The molecule has 0 spiro atoms. The molecule has 3 atom stereocenters. The predicted molar refractivity (Wildman–Crippen MR) is 159 cm³/mol. The fourth-order valence-corrected chi connectivity index (χ4v) is 4.29. The van der Waals surface area contributed by atoms with Gasteiger partial charge < -0.3 is 35.3 Å². The van der Waals surface area contributed by atoms with Crippen molar-refractivity contribution < 1.29 is 48.1 Å². The molecule has 1 aliphatic rings. The lowest BCUT2D eigenvalue weighted by Crippen LogP contribution is -2.56. The molecule has 3 rings (SSSR count). The van der Waals surface area contributed by atoms with Gasteiger partial charge in [-0.3, -0.25) is 19.2 Å². The number of cyclic esters (lactones) is 1. The molecular weight excluding hydrogens is 586 g/mol. The molecular formula is C32H37N3O10. The van der Waals surface area contributed by atoms with E-state index in [0.717, 1.165) is 11.1 Å². The van der Waals surface area contributed by atoms with Crippen LogP contribution in [0.15, 0.2) is 72.0 Å². The van der Waals surface area contributed by atoms with Crippen LogP contribution in [0.25, 0.3) is 0 Å². The van der Waals surface area contributed by atoms with Gasteiger partial charge in [0, 0.05) is 6.42 Å². The summed E-state index contributed by atoms with van der Waals surface area (Å²) in [5.74, 6) is -4.45. The van der Waals surface area contributed by atoms with Crippen LogP contribution in [-0.4, -0.2) is 72.1 Å². The number of carboxylic acid groups (broad SMARTS) is 1. The van der Waals surface area contributed by atoms with Crippen molar-refractivity contribution in [1.29, 1.82) is 0 Å². The highest BCUT2D eigenvalue weighted by atomic mass is 16.6. The van der Waals surface area contributed by atoms with E-state index in [1.165, 1.54) is 6.92 Å². The van der Waals surface area contributed by atoms with Crippen LogP contribution in [-0.2, 0) is 51.2 Å². The zero-order valence-electron chi connectivity index (χ0n) is 25.2. The Balaban J connectivity index is 1.57. The van der Waals surface area contributed by atoms with E-state index in [2.05, 4.69) is 16.0 Å². The summed E-state index contributed by atoms with van der Waals surface area (Å²) in [7, 11) is 0. The third kappa shape index (κ3) is 10.8. The van der Waals surface area contributed by atoms with Crippen molar-refractivity contribution in [1.82, 2.24) is 16.0 Å². The maximum atomic E-state index is 13.0. The van der Waals surface area contributed by atoms with Crippen LogP contribution in [0.1, 0.15) is 38.3 Å². The molecule has 0 unspecified atom stereocenters. The first-order valence-electron chi connectivity index (χ1n) is 14.3. The monoisotopic (exact) mass is 623 g/mol. The molecule has 240 valence electrons. The lowest BCUT2D eigenvalue weighted by Gasteiger charge is -2.24. The lowest BCUT2D eigenvalue weighted by atomic mass is 10.0. The number of Topliss-reactive ketones (excluding diaryl/α,β-unsaturated/α-hetero) is 1. The highest BCUT2D eigenvalue weighted by Crippen LogP contribution is 2.21. The standard InChI is InChI=1S/C32H37N3O10/c1-19(2)28(35-32(42)45-16-22-12-8-5-9-13-22)30(40)33-20(3)29(39)34-24(15-27(37)38)25(36)17-43-26-18-44-31(41)23(26)14-21-10-6-4-7-11-21/h4-13,19-20,24,28H,14-18H2,1-3H3,(H,33,40)(H,34,39)(H,35,42)(H,37,38)/t20-,24-,28-/m0/s1. The number of hydrogen-bond donors (Lipinski definition) is 4. The fourth-order valence-electron chi connectivity index (χ4n) is 4.29. The Morgan fingerprint density at radius 3 is 2.09 bits per heavy atom. The molecule has 4 N–H and O–H groups in total. The molecule has 0 bridgehead atoms. The number of ketones is 1. The van der Waals surface area contributed by atoms with Gasteiger partial charge in [0.05, 0.1) is 12.0 Å². The number of carbonyl (C=O) groups excluding carboxylic acids is 5. The topological polar surface area (TPSA) is 186 Å². The highest BCUT2D eigenvalue weighted by Gasteiger charge is 2.32. The molecule has 0 saturated heterocycles. The van der Waals surface area contributed by atoms with Crippen LogP contribution in [0.4, 0.5) is 4.79 Å². The van der Waals surface area contributed by atoms with Crippen LogP contribution >= 0.6 is 0 Å². The first kappa shape index (κ1) is 34.3. The van der Waals surface area contributed by atoms with E-state index < -0.39 is 66.8 Å². The average molecular weight is 624 g/mol. The van der Waals surface area contributed by atoms with Crippen LogP contribution < -0.4 is 16.0 Å². The van der Waals surface area contributed by atoms with Crippen molar-refractivity contribution >= 4 is 35.6 Å². The molecule has 3 amide bonds. The summed E-state index contributed by atoms with van der Waals surface area (Å²) in [6.45, 7) is 3.91. The van der Waals surface area contributed by atoms with Gasteiger partial charge in [0.15, 0.2) is 5.78 Å². The molecule has 0 aromatic heterocycles. The van der Waals surface area contributed by atoms with E-state index in [1.807, 2.05) is 36.4 Å². The van der Waals surface area contributed by atoms with Gasteiger partial charge in [0.1, 0.15) is 43.7 Å². The highest BCUT2D eigenvalue weighted by molar-refractivity contribution is 5.96. The zero-order valence-corrected chi connectivity index (χ0v) is 25.2. The maximum Gasteiger partial charge on any atom is 0.408 e. The molecule has 1 aliphatic heterocycles. The SMILES string of the molecule is CC(C)[C@H](NC(=O)OCc1ccccc1)C(=O)N[C@@H](C)C(=O)N[C@@H](CC(=O)O)C(=O)COC1=C(Cc2ccccc2)C(=O)OC1. The van der Waals surface area contributed by atoms with Gasteiger partial charge in [-0.2, -0.15) is 0 Å². The van der Waals surface area contributed by atoms with Gasteiger partial charge in [-0.25, -0.2) is 9.59 Å². The number of alkyl carbamates (subject to hydrolysis) is 1. The Labute approximate surface area is 260 Å². The normalized spacial score (nSPS) is 14.5.